The number of hydrogen-bond donors (Lipinski definition) is 5. The molecule has 1 saturated heterocycles. The number of nitrogens with one attached hydrogen (secondary N) is 1. The van der Waals surface area contributed by atoms with Gasteiger partial charge < -0.3 is 31.1 Å². The maximum atomic E-state index is 11.7. The maximum Gasteiger partial charge on any atom is 0.254 e. The van der Waals surface area contributed by atoms with Gasteiger partial charge in [-0.1, -0.05) is 0 Å². The van der Waals surface area contributed by atoms with Crippen LogP contribution in [0.2, 0.25) is 0 Å². The van der Waals surface area contributed by atoms with Gasteiger partial charge >= 0.3 is 0 Å². The number of ether oxygens (including phenoxy) is 1. The molecule has 2 unspecified atom stereocenters. The van der Waals surface area contributed by atoms with Gasteiger partial charge in [0.2, 0.25) is 0 Å². The molecule has 1 aliphatic rings. The lowest BCUT2D eigenvalue weighted by Gasteiger charge is -2.16. The van der Waals surface area contributed by atoms with Gasteiger partial charge in [0.25, 0.3) is 11.9 Å². The molecule has 3 aromatic heterocycles. The highest BCUT2D eigenvalue weighted by atomic mass is 16.6. The molecule has 0 spiro atoms. The first-order valence-corrected chi connectivity index (χ1v) is 8.34. The van der Waals surface area contributed by atoms with Crippen molar-refractivity contribution >= 4 is 22.9 Å². The van der Waals surface area contributed by atoms with Gasteiger partial charge in [0.1, 0.15) is 23.8 Å². The highest BCUT2D eigenvalue weighted by molar-refractivity contribution is 5.93. The Hall–Kier alpha value is -3.13. The number of imidazole rings is 1. The monoisotopic (exact) mass is 390 g/mol. The molecule has 1 aliphatic heterocycles. The van der Waals surface area contributed by atoms with Crippen LogP contribution < -0.4 is 11.1 Å². The molecular formula is C15H18N8O5. The van der Waals surface area contributed by atoms with Crippen molar-refractivity contribution in [2.75, 3.05) is 19.4 Å². The van der Waals surface area contributed by atoms with E-state index in [2.05, 4.69) is 25.4 Å². The lowest BCUT2D eigenvalue weighted by Crippen LogP contribution is -2.33. The molecule has 0 saturated carbocycles. The van der Waals surface area contributed by atoms with Crippen LogP contribution in [0.15, 0.2) is 18.7 Å². The highest BCUT2D eigenvalue weighted by Gasteiger charge is 2.44. The zero-order valence-electron chi connectivity index (χ0n) is 14.7. The van der Waals surface area contributed by atoms with Crippen molar-refractivity contribution in [1.82, 2.24) is 34.6 Å². The zero-order valence-corrected chi connectivity index (χ0v) is 14.7. The molecule has 148 valence electrons. The molecule has 4 rings (SSSR count). The van der Waals surface area contributed by atoms with E-state index in [1.807, 2.05) is 0 Å². The Bertz CT molecular complexity index is 1030. The number of anilines is 1. The van der Waals surface area contributed by atoms with Crippen molar-refractivity contribution in [3.05, 3.63) is 24.3 Å². The third-order valence-electron chi connectivity index (χ3n) is 4.50. The van der Waals surface area contributed by atoms with Crippen LogP contribution in [0.1, 0.15) is 16.6 Å². The molecule has 0 radical (unpaired) electrons. The third-order valence-corrected chi connectivity index (χ3v) is 4.50. The van der Waals surface area contributed by atoms with Gasteiger partial charge in [-0.25, -0.2) is 9.67 Å². The van der Waals surface area contributed by atoms with Crippen LogP contribution >= 0.6 is 0 Å². The Balaban J connectivity index is 1.77. The van der Waals surface area contributed by atoms with Gasteiger partial charge in [-0.05, 0) is 0 Å². The third kappa shape index (κ3) is 2.77. The summed E-state index contributed by atoms with van der Waals surface area (Å²) in [6, 6.07) is 0. The first-order chi connectivity index (χ1) is 13.4. The minimum Gasteiger partial charge on any atom is -0.394 e. The molecule has 0 aliphatic carbocycles. The molecular weight excluding hydrogens is 372 g/mol. The summed E-state index contributed by atoms with van der Waals surface area (Å²) in [5.41, 5.74) is 6.78. The molecule has 4 atom stereocenters. The standard InChI is InChI=1S/C15H18N8O5/c1-17-13(27)6-2-19-23(3-6)15-20-11(16)8-12(21-15)22(5-18-8)14-10(26)9(25)7(4-24)28-14/h2-3,5,7,9-10,14,24-26H,4H2,1H3,(H,17,27)(H2,16,20,21)/t7-,9-,10?,14?/m1/s1. The van der Waals surface area contributed by atoms with Crippen LogP contribution in [0.25, 0.3) is 17.1 Å². The van der Waals surface area contributed by atoms with Gasteiger partial charge in [-0.15, -0.1) is 0 Å². The van der Waals surface area contributed by atoms with Crippen LogP contribution in [0.5, 0.6) is 0 Å². The summed E-state index contributed by atoms with van der Waals surface area (Å²) in [6.45, 7) is -0.459. The lowest BCUT2D eigenvalue weighted by molar-refractivity contribution is -0.0511. The van der Waals surface area contributed by atoms with Crippen LogP contribution in [-0.2, 0) is 4.74 Å². The number of aliphatic hydroxyl groups is 3. The number of carbonyl (C=O) groups is 1. The van der Waals surface area contributed by atoms with E-state index in [1.165, 1.54) is 35.0 Å². The van der Waals surface area contributed by atoms with Gasteiger partial charge in [-0.2, -0.15) is 15.1 Å². The van der Waals surface area contributed by atoms with E-state index in [9.17, 15) is 20.1 Å². The second-order valence-corrected chi connectivity index (χ2v) is 6.21. The molecule has 1 fully saturated rings. The number of rotatable bonds is 4. The lowest BCUT2D eigenvalue weighted by atomic mass is 10.1. The Kier molecular flexibility index (Phi) is 4.43. The smallest absolute Gasteiger partial charge is 0.254 e. The van der Waals surface area contributed by atoms with Crippen molar-refractivity contribution in [2.45, 2.75) is 24.5 Å². The van der Waals surface area contributed by atoms with Crippen LogP contribution in [0.4, 0.5) is 5.82 Å². The Morgan fingerprint density at radius 3 is 2.82 bits per heavy atom. The number of aromatic nitrogens is 6. The van der Waals surface area contributed by atoms with Crippen LogP contribution in [0.3, 0.4) is 0 Å². The minimum absolute atomic E-state index is 0.0579. The van der Waals surface area contributed by atoms with Crippen molar-refractivity contribution in [1.29, 1.82) is 0 Å². The molecule has 28 heavy (non-hydrogen) atoms. The largest absolute Gasteiger partial charge is 0.394 e. The van der Waals surface area contributed by atoms with Gasteiger partial charge in [0.05, 0.1) is 24.7 Å². The van der Waals surface area contributed by atoms with E-state index in [0.29, 0.717) is 5.56 Å². The number of carbonyl (C=O) groups excluding carboxylic acids is 1. The van der Waals surface area contributed by atoms with Crippen molar-refractivity contribution in [3.8, 4) is 5.95 Å². The topological polar surface area (TPSA) is 186 Å². The molecule has 1 amide bonds. The van der Waals surface area contributed by atoms with Crippen molar-refractivity contribution in [2.24, 2.45) is 0 Å². The summed E-state index contributed by atoms with van der Waals surface area (Å²) in [7, 11) is 1.50. The molecule has 0 aromatic carbocycles. The molecule has 3 aromatic rings. The molecule has 13 nitrogen and oxygen atoms in total. The summed E-state index contributed by atoms with van der Waals surface area (Å²) >= 11 is 0. The summed E-state index contributed by atoms with van der Waals surface area (Å²) in [5, 5.41) is 36.1. The SMILES string of the molecule is CNC(=O)c1cnn(-c2nc(N)c3ncn(C4O[C@H](CO)[C@@H](O)C4O)c3n2)c1. The average molecular weight is 390 g/mol. The van der Waals surface area contributed by atoms with Gasteiger partial charge in [0, 0.05) is 13.2 Å². The summed E-state index contributed by atoms with van der Waals surface area (Å²) in [4.78, 5) is 24.4. The van der Waals surface area contributed by atoms with E-state index in [0.717, 1.165) is 0 Å². The van der Waals surface area contributed by atoms with Gasteiger partial charge in [-0.3, -0.25) is 9.36 Å². The normalized spacial score (nSPS) is 24.7. The first-order valence-electron chi connectivity index (χ1n) is 8.34. The fraction of sp³-hybridized carbons (Fsp3) is 0.400. The minimum atomic E-state index is -1.31. The van der Waals surface area contributed by atoms with E-state index < -0.39 is 31.1 Å². The van der Waals surface area contributed by atoms with Crippen molar-refractivity contribution < 1.29 is 24.9 Å². The fourth-order valence-corrected chi connectivity index (χ4v) is 3.02. The predicted molar refractivity (Wildman–Crippen MR) is 93.3 cm³/mol. The van der Waals surface area contributed by atoms with Crippen molar-refractivity contribution in [3.63, 3.8) is 0 Å². The molecule has 0 bridgehead atoms. The second kappa shape index (κ2) is 6.79. The predicted octanol–water partition coefficient (Wildman–Crippen LogP) is -2.43. The van der Waals surface area contributed by atoms with E-state index in [-0.39, 0.29) is 28.8 Å². The van der Waals surface area contributed by atoms with E-state index in [4.69, 9.17) is 10.5 Å². The zero-order chi connectivity index (χ0) is 20.0. The number of amides is 1. The highest BCUT2D eigenvalue weighted by Crippen LogP contribution is 2.32. The van der Waals surface area contributed by atoms with E-state index in [1.54, 1.807) is 0 Å². The molecule has 6 N–H and O–H groups in total. The first kappa shape index (κ1) is 18.2. The number of fused-ring (bicyclic) bond motifs is 1. The number of nitrogen functional groups attached to an aromatic ring is 1. The molecule has 4 heterocycles. The Labute approximate surface area is 157 Å². The van der Waals surface area contributed by atoms with E-state index >= 15 is 0 Å². The molecule has 13 heteroatoms. The summed E-state index contributed by atoms with van der Waals surface area (Å²) < 4.78 is 8.18. The van der Waals surface area contributed by atoms with Crippen LogP contribution in [0, 0.1) is 0 Å². The maximum absolute atomic E-state index is 11.7. The second-order valence-electron chi connectivity index (χ2n) is 6.21. The number of nitrogens with zero attached hydrogens (tertiary/aromatic N) is 6. The summed E-state index contributed by atoms with van der Waals surface area (Å²) in [6.07, 6.45) is -0.418. The van der Waals surface area contributed by atoms with Crippen LogP contribution in [-0.4, -0.2) is 82.5 Å². The number of aliphatic hydroxyl groups excluding tert-OH is 3. The Morgan fingerprint density at radius 2 is 2.14 bits per heavy atom. The number of nitrogens with two attached hydrogens (primary N) is 1. The quantitative estimate of drug-likeness (QED) is 0.320. The fourth-order valence-electron chi connectivity index (χ4n) is 3.02. The number of hydrogen-bond acceptors (Lipinski definition) is 10. The average Bonchev–Trinajstić information content (AvgIpc) is 3.40. The van der Waals surface area contributed by atoms with Gasteiger partial charge in [0.15, 0.2) is 17.7 Å². The Morgan fingerprint density at radius 1 is 1.36 bits per heavy atom. The summed E-state index contributed by atoms with van der Waals surface area (Å²) in [5.74, 6) is -0.187.